The molecule has 0 saturated heterocycles. The van der Waals surface area contributed by atoms with Crippen LogP contribution < -0.4 is 11.1 Å². The highest BCUT2D eigenvalue weighted by molar-refractivity contribution is 5.85. The number of carbonyl (C=O) groups excluding carboxylic acids is 1. The van der Waals surface area contributed by atoms with Crippen LogP contribution in [0.25, 0.3) is 0 Å². The molecule has 1 rings (SSSR count). The van der Waals surface area contributed by atoms with Crippen LogP contribution in [0.2, 0.25) is 0 Å². The third-order valence-electron chi connectivity index (χ3n) is 3.32. The molecule has 0 heterocycles. The predicted octanol–water partition coefficient (Wildman–Crippen LogP) is 3.10. The Morgan fingerprint density at radius 3 is 2.64 bits per heavy atom. The molecule has 0 bridgehead atoms. The van der Waals surface area contributed by atoms with Crippen LogP contribution in [0, 0.1) is 10.1 Å². The van der Waals surface area contributed by atoms with E-state index in [0.717, 1.165) is 31.2 Å². The number of nitro groups is 1. The summed E-state index contributed by atoms with van der Waals surface area (Å²) in [5.74, 6) is -0.0262. The summed E-state index contributed by atoms with van der Waals surface area (Å²) in [5, 5.41) is 13.6. The maximum absolute atomic E-state index is 11.8. The van der Waals surface area contributed by atoms with E-state index in [0.29, 0.717) is 13.0 Å². The number of rotatable bonds is 9. The number of hydrogen-bond donors (Lipinski definition) is 2. The smallest absolute Gasteiger partial charge is 0.269 e. The largest absolute Gasteiger partial charge is 0.350 e. The molecule has 0 fully saturated rings. The zero-order valence-electron chi connectivity index (χ0n) is 12.8. The highest BCUT2D eigenvalue weighted by Gasteiger charge is 2.12. The summed E-state index contributed by atoms with van der Waals surface area (Å²) in [7, 11) is 0. The van der Waals surface area contributed by atoms with Crippen molar-refractivity contribution in [2.75, 3.05) is 6.54 Å². The number of nitrogens with two attached hydrogens (primary N) is 1. The van der Waals surface area contributed by atoms with Crippen molar-refractivity contribution < 1.29 is 9.72 Å². The van der Waals surface area contributed by atoms with E-state index in [2.05, 4.69) is 5.32 Å². The van der Waals surface area contributed by atoms with E-state index < -0.39 is 4.92 Å². The normalized spacial score (nSPS) is 11.4. The van der Waals surface area contributed by atoms with E-state index in [1.807, 2.05) is 6.92 Å². The molecule has 0 aliphatic heterocycles. The lowest BCUT2D eigenvalue weighted by Gasteiger charge is -2.14. The Balaban J connectivity index is 0.00000441. The van der Waals surface area contributed by atoms with Crippen molar-refractivity contribution in [3.05, 3.63) is 39.9 Å². The van der Waals surface area contributed by atoms with Gasteiger partial charge < -0.3 is 11.1 Å². The van der Waals surface area contributed by atoms with E-state index in [4.69, 9.17) is 5.73 Å². The predicted molar refractivity (Wildman–Crippen MR) is 89.0 cm³/mol. The van der Waals surface area contributed by atoms with Gasteiger partial charge in [-0.3, -0.25) is 14.9 Å². The van der Waals surface area contributed by atoms with Crippen LogP contribution >= 0.6 is 12.4 Å². The van der Waals surface area contributed by atoms with Gasteiger partial charge in [0.2, 0.25) is 5.91 Å². The van der Waals surface area contributed by atoms with Crippen LogP contribution in [0.5, 0.6) is 0 Å². The van der Waals surface area contributed by atoms with Crippen LogP contribution in [0.15, 0.2) is 24.3 Å². The molecule has 1 amide bonds. The minimum atomic E-state index is -0.435. The summed E-state index contributed by atoms with van der Waals surface area (Å²) in [5.41, 5.74) is 6.18. The van der Waals surface area contributed by atoms with Crippen molar-refractivity contribution in [2.24, 2.45) is 5.73 Å². The molecule has 0 aliphatic rings. The summed E-state index contributed by atoms with van der Waals surface area (Å²) >= 11 is 0. The molecule has 0 aliphatic carbocycles. The summed E-state index contributed by atoms with van der Waals surface area (Å²) in [6, 6.07) is 6.10. The molecule has 22 heavy (non-hydrogen) atoms. The summed E-state index contributed by atoms with van der Waals surface area (Å²) in [6.07, 6.45) is 4.35. The summed E-state index contributed by atoms with van der Waals surface area (Å²) in [6.45, 7) is 2.52. The number of nitro benzene ring substituents is 1. The second kappa shape index (κ2) is 11.0. The van der Waals surface area contributed by atoms with Crippen molar-refractivity contribution in [1.29, 1.82) is 0 Å². The Morgan fingerprint density at radius 1 is 1.32 bits per heavy atom. The van der Waals surface area contributed by atoms with E-state index in [1.54, 1.807) is 12.1 Å². The zero-order valence-corrected chi connectivity index (χ0v) is 13.6. The van der Waals surface area contributed by atoms with Crippen LogP contribution in [0.3, 0.4) is 0 Å². The number of hydrogen-bond acceptors (Lipinski definition) is 4. The quantitative estimate of drug-likeness (QED) is 0.413. The van der Waals surface area contributed by atoms with Crippen LogP contribution in [0.1, 0.15) is 50.6 Å². The Bertz CT molecular complexity index is 483. The van der Waals surface area contributed by atoms with Crippen molar-refractivity contribution >= 4 is 24.0 Å². The lowest BCUT2D eigenvalue weighted by molar-refractivity contribution is -0.384. The highest BCUT2D eigenvalue weighted by Crippen LogP contribution is 2.19. The molecule has 0 spiro atoms. The van der Waals surface area contributed by atoms with Gasteiger partial charge in [-0.25, -0.2) is 0 Å². The van der Waals surface area contributed by atoms with E-state index in [9.17, 15) is 14.9 Å². The van der Waals surface area contributed by atoms with Crippen molar-refractivity contribution in [3.8, 4) is 0 Å². The van der Waals surface area contributed by atoms with Gasteiger partial charge in [0.25, 0.3) is 5.69 Å². The van der Waals surface area contributed by atoms with Crippen molar-refractivity contribution in [3.63, 3.8) is 0 Å². The molecule has 3 N–H and O–H groups in total. The Hall–Kier alpha value is -1.66. The van der Waals surface area contributed by atoms with Crippen LogP contribution in [-0.2, 0) is 4.79 Å². The second-order valence-electron chi connectivity index (χ2n) is 5.09. The first-order chi connectivity index (χ1) is 10.0. The Morgan fingerprint density at radius 2 is 2.00 bits per heavy atom. The van der Waals surface area contributed by atoms with Crippen LogP contribution in [-0.4, -0.2) is 17.4 Å². The molecule has 6 nitrogen and oxygen atoms in total. The fourth-order valence-corrected chi connectivity index (χ4v) is 2.09. The maximum Gasteiger partial charge on any atom is 0.269 e. The lowest BCUT2D eigenvalue weighted by Crippen LogP contribution is -2.26. The van der Waals surface area contributed by atoms with Gasteiger partial charge in [0, 0.05) is 18.6 Å². The van der Waals surface area contributed by atoms with Gasteiger partial charge in [-0.05, 0) is 31.9 Å². The number of benzene rings is 1. The fraction of sp³-hybridized carbons (Fsp3) is 0.533. The van der Waals surface area contributed by atoms with Crippen LogP contribution in [0.4, 0.5) is 5.69 Å². The minimum absolute atomic E-state index is 0. The monoisotopic (exact) mass is 329 g/mol. The maximum atomic E-state index is 11.8. The standard InChI is InChI=1S/C15H23N3O3.ClH/c1-12(13-7-6-8-14(11-13)18(20)21)17-15(19)9-4-2-3-5-10-16;/h6-8,11-12H,2-5,9-10,16H2,1H3,(H,17,19);1H. The van der Waals surface area contributed by atoms with Gasteiger partial charge in [0.1, 0.15) is 0 Å². The third-order valence-corrected chi connectivity index (χ3v) is 3.32. The lowest BCUT2D eigenvalue weighted by atomic mass is 10.1. The first-order valence-electron chi connectivity index (χ1n) is 7.28. The molecule has 124 valence electrons. The molecule has 1 aromatic carbocycles. The number of carbonyl (C=O) groups is 1. The highest BCUT2D eigenvalue weighted by atomic mass is 35.5. The Kier molecular flexibility index (Phi) is 10.2. The minimum Gasteiger partial charge on any atom is -0.350 e. The van der Waals surface area contributed by atoms with Gasteiger partial charge >= 0.3 is 0 Å². The zero-order chi connectivity index (χ0) is 15.7. The molecule has 0 saturated carbocycles. The number of non-ortho nitro benzene ring substituents is 1. The molecular weight excluding hydrogens is 306 g/mol. The van der Waals surface area contributed by atoms with Gasteiger partial charge in [0.15, 0.2) is 0 Å². The van der Waals surface area contributed by atoms with Gasteiger partial charge in [-0.1, -0.05) is 25.0 Å². The van der Waals surface area contributed by atoms with Gasteiger partial charge in [-0.2, -0.15) is 0 Å². The SMILES string of the molecule is CC(NC(=O)CCCCCCN)c1cccc([N+](=O)[O-])c1.Cl. The van der Waals surface area contributed by atoms with Crippen molar-refractivity contribution in [1.82, 2.24) is 5.32 Å². The summed E-state index contributed by atoms with van der Waals surface area (Å²) < 4.78 is 0. The molecule has 1 aromatic rings. The Labute approximate surface area is 137 Å². The molecule has 1 unspecified atom stereocenters. The van der Waals surface area contributed by atoms with E-state index in [1.165, 1.54) is 12.1 Å². The van der Waals surface area contributed by atoms with Crippen molar-refractivity contribution in [2.45, 2.75) is 45.1 Å². The first kappa shape index (κ1) is 20.3. The second-order valence-corrected chi connectivity index (χ2v) is 5.09. The molecule has 0 aromatic heterocycles. The van der Waals surface area contributed by atoms with Gasteiger partial charge in [-0.15, -0.1) is 12.4 Å². The molecule has 7 heteroatoms. The fourth-order valence-electron chi connectivity index (χ4n) is 2.09. The molecule has 0 radical (unpaired) electrons. The first-order valence-corrected chi connectivity index (χ1v) is 7.28. The number of halogens is 1. The number of unbranched alkanes of at least 4 members (excludes halogenated alkanes) is 3. The third kappa shape index (κ3) is 7.38. The summed E-state index contributed by atoms with van der Waals surface area (Å²) in [4.78, 5) is 22.1. The number of nitrogens with zero attached hydrogens (tertiary/aromatic N) is 1. The van der Waals surface area contributed by atoms with E-state index >= 15 is 0 Å². The molecular formula is C15H24ClN3O3. The average Bonchev–Trinajstić information content (AvgIpc) is 2.47. The molecule has 1 atom stereocenters. The number of amides is 1. The van der Waals surface area contributed by atoms with Gasteiger partial charge in [0.05, 0.1) is 11.0 Å². The topological polar surface area (TPSA) is 98.3 Å². The van der Waals surface area contributed by atoms with E-state index in [-0.39, 0.29) is 30.0 Å². The number of nitrogens with one attached hydrogen (secondary N) is 1. The average molecular weight is 330 g/mol.